The highest BCUT2D eigenvalue weighted by Gasteiger charge is 2.15. The standard InChI is InChI=1S/C11H9N3O.C10H13N/c15-8-14-11-3-1-2-9(4-11)10-5-12-7-13-6-10;1-2-4-9(5-3-1)10-6-7-11-8-10/h1-8H,(H,14,15);1-5,10-11H,6-8H2. The van der Waals surface area contributed by atoms with E-state index in [2.05, 4.69) is 50.9 Å². The lowest BCUT2D eigenvalue weighted by Crippen LogP contribution is -2.07. The van der Waals surface area contributed by atoms with Crippen LogP contribution in [0.3, 0.4) is 0 Å². The predicted molar refractivity (Wildman–Crippen MR) is 104 cm³/mol. The van der Waals surface area contributed by atoms with Crippen LogP contribution in [0, 0.1) is 0 Å². The van der Waals surface area contributed by atoms with Crippen LogP contribution in [0.2, 0.25) is 0 Å². The molecule has 3 aromatic rings. The molecule has 5 nitrogen and oxygen atoms in total. The SMILES string of the molecule is O=CNc1cccc(-c2cncnc2)c1.c1ccc(C2CCNC2)cc1. The average Bonchev–Trinajstić information content (AvgIpc) is 3.25. The molecule has 2 aromatic carbocycles. The Morgan fingerprint density at radius 3 is 2.50 bits per heavy atom. The molecule has 2 heterocycles. The van der Waals surface area contributed by atoms with Crippen molar-refractivity contribution in [1.29, 1.82) is 0 Å². The Morgan fingerprint density at radius 2 is 1.81 bits per heavy atom. The van der Waals surface area contributed by atoms with Gasteiger partial charge in [0.25, 0.3) is 0 Å². The van der Waals surface area contributed by atoms with Gasteiger partial charge in [-0.1, -0.05) is 42.5 Å². The van der Waals surface area contributed by atoms with E-state index in [-0.39, 0.29) is 0 Å². The van der Waals surface area contributed by atoms with E-state index >= 15 is 0 Å². The minimum Gasteiger partial charge on any atom is -0.329 e. The fourth-order valence-corrected chi connectivity index (χ4v) is 2.97. The molecule has 4 rings (SSSR count). The molecule has 132 valence electrons. The fourth-order valence-electron chi connectivity index (χ4n) is 2.97. The molecule has 1 saturated heterocycles. The summed E-state index contributed by atoms with van der Waals surface area (Å²) < 4.78 is 0. The van der Waals surface area contributed by atoms with Crippen LogP contribution in [0.15, 0.2) is 73.3 Å². The molecule has 1 atom stereocenters. The molecular formula is C21H22N4O. The summed E-state index contributed by atoms with van der Waals surface area (Å²) in [6.07, 6.45) is 6.89. The van der Waals surface area contributed by atoms with Crippen molar-refractivity contribution in [2.75, 3.05) is 18.4 Å². The maximum absolute atomic E-state index is 10.3. The second kappa shape index (κ2) is 9.44. The monoisotopic (exact) mass is 346 g/mol. The normalized spacial score (nSPS) is 15.6. The van der Waals surface area contributed by atoms with Gasteiger partial charge in [-0.15, -0.1) is 0 Å². The van der Waals surface area contributed by atoms with E-state index in [4.69, 9.17) is 0 Å². The predicted octanol–water partition coefficient (Wildman–Crippen LogP) is 3.48. The molecular weight excluding hydrogens is 324 g/mol. The summed E-state index contributed by atoms with van der Waals surface area (Å²) in [4.78, 5) is 18.2. The van der Waals surface area contributed by atoms with Crippen LogP contribution in [-0.4, -0.2) is 29.5 Å². The summed E-state index contributed by atoms with van der Waals surface area (Å²) >= 11 is 0. The van der Waals surface area contributed by atoms with Gasteiger partial charge in [0.05, 0.1) is 0 Å². The number of hydrogen-bond donors (Lipinski definition) is 2. The fraction of sp³-hybridized carbons (Fsp3) is 0.190. The molecule has 0 saturated carbocycles. The largest absolute Gasteiger partial charge is 0.329 e. The van der Waals surface area contributed by atoms with Crippen molar-refractivity contribution in [2.45, 2.75) is 12.3 Å². The zero-order valence-electron chi connectivity index (χ0n) is 14.5. The van der Waals surface area contributed by atoms with Crippen molar-refractivity contribution in [1.82, 2.24) is 15.3 Å². The second-order valence-corrected chi connectivity index (χ2v) is 6.07. The van der Waals surface area contributed by atoms with E-state index in [0.717, 1.165) is 29.3 Å². The Balaban J connectivity index is 0.000000158. The van der Waals surface area contributed by atoms with Crippen molar-refractivity contribution < 1.29 is 4.79 Å². The lowest BCUT2D eigenvalue weighted by Gasteiger charge is -2.06. The van der Waals surface area contributed by atoms with Gasteiger partial charge in [0.1, 0.15) is 6.33 Å². The minimum absolute atomic E-state index is 0.653. The van der Waals surface area contributed by atoms with Crippen LogP contribution in [-0.2, 0) is 4.79 Å². The van der Waals surface area contributed by atoms with Crippen molar-refractivity contribution >= 4 is 12.1 Å². The molecule has 0 aliphatic carbocycles. The van der Waals surface area contributed by atoms with Gasteiger partial charge in [0.15, 0.2) is 0 Å². The maximum Gasteiger partial charge on any atom is 0.211 e. The third-order valence-corrected chi connectivity index (χ3v) is 4.31. The number of benzene rings is 2. The van der Waals surface area contributed by atoms with Crippen LogP contribution >= 0.6 is 0 Å². The van der Waals surface area contributed by atoms with Gasteiger partial charge in [0.2, 0.25) is 6.41 Å². The number of carbonyl (C=O) groups excluding carboxylic acids is 1. The number of nitrogens with zero attached hydrogens (tertiary/aromatic N) is 2. The van der Waals surface area contributed by atoms with Crippen molar-refractivity contribution in [3.63, 3.8) is 0 Å². The van der Waals surface area contributed by atoms with Gasteiger partial charge in [-0.2, -0.15) is 0 Å². The Kier molecular flexibility index (Phi) is 6.45. The Morgan fingerprint density at radius 1 is 1.00 bits per heavy atom. The van der Waals surface area contributed by atoms with Gasteiger partial charge < -0.3 is 10.6 Å². The van der Waals surface area contributed by atoms with Crippen LogP contribution in [0.5, 0.6) is 0 Å². The first-order valence-corrected chi connectivity index (χ1v) is 8.68. The van der Waals surface area contributed by atoms with Gasteiger partial charge in [-0.25, -0.2) is 9.97 Å². The molecule has 1 amide bonds. The highest BCUT2D eigenvalue weighted by molar-refractivity contribution is 5.75. The highest BCUT2D eigenvalue weighted by Crippen LogP contribution is 2.21. The van der Waals surface area contributed by atoms with Gasteiger partial charge in [0, 0.05) is 30.2 Å². The third kappa shape index (κ3) is 4.97. The summed E-state index contributed by atoms with van der Waals surface area (Å²) in [5.74, 6) is 0.760. The van der Waals surface area contributed by atoms with Crippen LogP contribution in [0.25, 0.3) is 11.1 Å². The quantitative estimate of drug-likeness (QED) is 0.710. The van der Waals surface area contributed by atoms with E-state index < -0.39 is 0 Å². The summed E-state index contributed by atoms with van der Waals surface area (Å²) in [5.41, 5.74) is 4.14. The molecule has 26 heavy (non-hydrogen) atoms. The van der Waals surface area contributed by atoms with Crippen molar-refractivity contribution in [2.24, 2.45) is 0 Å². The second-order valence-electron chi connectivity index (χ2n) is 6.07. The number of nitrogens with one attached hydrogen (secondary N) is 2. The smallest absolute Gasteiger partial charge is 0.211 e. The number of hydrogen-bond acceptors (Lipinski definition) is 4. The van der Waals surface area contributed by atoms with Crippen LogP contribution in [0.4, 0.5) is 5.69 Å². The minimum atomic E-state index is 0.653. The lowest BCUT2D eigenvalue weighted by molar-refractivity contribution is -0.105. The first-order chi connectivity index (χ1) is 12.9. The summed E-state index contributed by atoms with van der Waals surface area (Å²) in [7, 11) is 0. The van der Waals surface area contributed by atoms with Crippen LogP contribution < -0.4 is 10.6 Å². The Labute approximate surface area is 153 Å². The van der Waals surface area contributed by atoms with Crippen molar-refractivity contribution in [3.05, 3.63) is 78.9 Å². The van der Waals surface area contributed by atoms with E-state index in [0.29, 0.717) is 6.41 Å². The van der Waals surface area contributed by atoms with E-state index in [1.807, 2.05) is 24.3 Å². The molecule has 1 unspecified atom stereocenters. The molecule has 0 bridgehead atoms. The number of aromatic nitrogens is 2. The molecule has 0 radical (unpaired) electrons. The van der Waals surface area contributed by atoms with Gasteiger partial charge in [-0.05, 0) is 42.1 Å². The lowest BCUT2D eigenvalue weighted by atomic mass is 9.99. The zero-order valence-corrected chi connectivity index (χ0v) is 14.5. The Hall–Kier alpha value is -3.05. The molecule has 1 fully saturated rings. The summed E-state index contributed by atoms with van der Waals surface area (Å²) in [6.45, 7) is 2.34. The van der Waals surface area contributed by atoms with E-state index in [1.165, 1.54) is 24.9 Å². The maximum atomic E-state index is 10.3. The highest BCUT2D eigenvalue weighted by atomic mass is 16.1. The van der Waals surface area contributed by atoms with E-state index in [1.54, 1.807) is 12.4 Å². The summed E-state index contributed by atoms with van der Waals surface area (Å²) in [6, 6.07) is 18.3. The zero-order chi connectivity index (χ0) is 18.0. The first-order valence-electron chi connectivity index (χ1n) is 8.68. The Bertz CT molecular complexity index is 803. The van der Waals surface area contributed by atoms with Crippen LogP contribution in [0.1, 0.15) is 17.9 Å². The van der Waals surface area contributed by atoms with Gasteiger partial charge >= 0.3 is 0 Å². The van der Waals surface area contributed by atoms with Gasteiger partial charge in [-0.3, -0.25) is 4.79 Å². The topological polar surface area (TPSA) is 66.9 Å². The third-order valence-electron chi connectivity index (χ3n) is 4.31. The number of carbonyl (C=O) groups is 1. The average molecular weight is 346 g/mol. The number of amides is 1. The molecule has 1 aromatic heterocycles. The molecule has 2 N–H and O–H groups in total. The van der Waals surface area contributed by atoms with E-state index in [9.17, 15) is 4.79 Å². The molecule has 1 aliphatic rings. The summed E-state index contributed by atoms with van der Waals surface area (Å²) in [5, 5.41) is 5.97. The molecule has 0 spiro atoms. The molecule has 5 heteroatoms. The number of rotatable bonds is 4. The number of anilines is 1. The van der Waals surface area contributed by atoms with Crippen molar-refractivity contribution in [3.8, 4) is 11.1 Å². The molecule has 1 aliphatic heterocycles. The first kappa shape index (κ1) is 17.8.